The average Bonchev–Trinajstić information content (AvgIpc) is 2.89. The van der Waals surface area contributed by atoms with Gasteiger partial charge in [-0.25, -0.2) is 0 Å². The summed E-state index contributed by atoms with van der Waals surface area (Å²) in [4.78, 5) is 17.8. The Morgan fingerprint density at radius 3 is 3.00 bits per heavy atom. The van der Waals surface area contributed by atoms with Crippen LogP contribution in [0, 0.1) is 0 Å². The first-order valence-electron chi connectivity index (χ1n) is 7.12. The Morgan fingerprint density at radius 1 is 1.52 bits per heavy atom. The Balaban J connectivity index is 1.43. The number of hydrogen-bond donors (Lipinski definition) is 0. The summed E-state index contributed by atoms with van der Waals surface area (Å²) in [6.07, 6.45) is 6.93. The third-order valence-electron chi connectivity index (χ3n) is 3.99. The van der Waals surface area contributed by atoms with E-state index in [0.717, 1.165) is 25.3 Å². The second-order valence-electron chi connectivity index (χ2n) is 5.67. The van der Waals surface area contributed by atoms with Gasteiger partial charge in [-0.1, -0.05) is 0 Å². The lowest BCUT2D eigenvalue weighted by molar-refractivity contribution is -0.133. The van der Waals surface area contributed by atoms with Gasteiger partial charge in [-0.05, 0) is 30.4 Å². The molecule has 4 nitrogen and oxygen atoms in total. The SMILES string of the molecule is CSCC(=O)N1CC2(CC(OCc3ccncc3)CS2)C1. The molecule has 114 valence electrons. The van der Waals surface area contributed by atoms with Crippen molar-refractivity contribution in [3.8, 4) is 0 Å². The van der Waals surface area contributed by atoms with Crippen molar-refractivity contribution < 1.29 is 9.53 Å². The van der Waals surface area contributed by atoms with Gasteiger partial charge in [-0.2, -0.15) is 11.8 Å². The topological polar surface area (TPSA) is 42.4 Å². The lowest BCUT2D eigenvalue weighted by Gasteiger charge is -2.47. The van der Waals surface area contributed by atoms with Gasteiger partial charge in [-0.3, -0.25) is 9.78 Å². The van der Waals surface area contributed by atoms with Crippen molar-refractivity contribution in [3.05, 3.63) is 30.1 Å². The highest BCUT2D eigenvalue weighted by molar-refractivity contribution is 8.01. The number of pyridine rings is 1. The molecule has 0 aromatic carbocycles. The van der Waals surface area contributed by atoms with Crippen molar-refractivity contribution in [1.29, 1.82) is 0 Å². The molecule has 3 rings (SSSR count). The zero-order valence-corrected chi connectivity index (χ0v) is 13.8. The van der Waals surface area contributed by atoms with E-state index in [4.69, 9.17) is 4.74 Å². The summed E-state index contributed by atoms with van der Waals surface area (Å²) in [6, 6.07) is 3.98. The van der Waals surface area contributed by atoms with E-state index in [1.807, 2.05) is 35.1 Å². The molecule has 0 saturated carbocycles. The highest BCUT2D eigenvalue weighted by Crippen LogP contribution is 2.46. The number of rotatable bonds is 5. The highest BCUT2D eigenvalue weighted by Gasteiger charge is 2.50. The maximum absolute atomic E-state index is 11.8. The maximum Gasteiger partial charge on any atom is 0.232 e. The molecule has 21 heavy (non-hydrogen) atoms. The number of ether oxygens (including phenoxy) is 1. The largest absolute Gasteiger partial charge is 0.373 e. The minimum Gasteiger partial charge on any atom is -0.373 e. The zero-order valence-electron chi connectivity index (χ0n) is 12.2. The molecular weight excluding hydrogens is 304 g/mol. The van der Waals surface area contributed by atoms with Crippen molar-refractivity contribution >= 4 is 29.4 Å². The van der Waals surface area contributed by atoms with E-state index >= 15 is 0 Å². The Bertz CT molecular complexity index is 492. The van der Waals surface area contributed by atoms with Crippen LogP contribution < -0.4 is 0 Å². The van der Waals surface area contributed by atoms with Gasteiger partial charge < -0.3 is 9.64 Å². The van der Waals surface area contributed by atoms with Crippen LogP contribution in [0.5, 0.6) is 0 Å². The summed E-state index contributed by atoms with van der Waals surface area (Å²) in [5.74, 6) is 1.91. The average molecular weight is 324 g/mol. The molecule has 1 unspecified atom stereocenters. The van der Waals surface area contributed by atoms with E-state index in [-0.39, 0.29) is 10.7 Å². The van der Waals surface area contributed by atoms with Gasteiger partial charge in [0.15, 0.2) is 0 Å². The van der Waals surface area contributed by atoms with E-state index in [2.05, 4.69) is 4.98 Å². The van der Waals surface area contributed by atoms with Gasteiger partial charge in [0, 0.05) is 31.2 Å². The predicted molar refractivity (Wildman–Crippen MR) is 87.6 cm³/mol. The maximum atomic E-state index is 11.8. The molecule has 1 amide bonds. The van der Waals surface area contributed by atoms with Crippen molar-refractivity contribution in [2.45, 2.75) is 23.9 Å². The van der Waals surface area contributed by atoms with Crippen LogP contribution in [0.4, 0.5) is 0 Å². The number of carbonyl (C=O) groups is 1. The summed E-state index contributed by atoms with van der Waals surface area (Å²) >= 11 is 3.57. The Labute approximate surface area is 134 Å². The van der Waals surface area contributed by atoms with E-state index in [1.54, 1.807) is 24.2 Å². The van der Waals surface area contributed by atoms with E-state index in [9.17, 15) is 4.79 Å². The molecule has 0 radical (unpaired) electrons. The second-order valence-corrected chi connectivity index (χ2v) is 8.02. The molecular formula is C15H20N2O2S2. The van der Waals surface area contributed by atoms with Crippen molar-refractivity contribution in [3.63, 3.8) is 0 Å². The van der Waals surface area contributed by atoms with Crippen LogP contribution in [0.15, 0.2) is 24.5 Å². The molecule has 0 N–H and O–H groups in total. The normalized spacial score (nSPS) is 23.3. The number of thioether (sulfide) groups is 2. The lowest BCUT2D eigenvalue weighted by Crippen LogP contribution is -2.61. The Kier molecular flexibility index (Phi) is 4.76. The molecule has 2 saturated heterocycles. The van der Waals surface area contributed by atoms with E-state index in [0.29, 0.717) is 18.5 Å². The summed E-state index contributed by atoms with van der Waals surface area (Å²) in [5.41, 5.74) is 1.17. The molecule has 2 aliphatic rings. The third-order valence-corrected chi connectivity index (χ3v) is 6.10. The fraction of sp³-hybridized carbons (Fsp3) is 0.600. The molecule has 1 aromatic heterocycles. The molecule has 0 aliphatic carbocycles. The molecule has 3 heterocycles. The first-order valence-corrected chi connectivity index (χ1v) is 9.50. The zero-order chi connectivity index (χ0) is 14.7. The van der Waals surface area contributed by atoms with Crippen LogP contribution in [-0.2, 0) is 16.1 Å². The van der Waals surface area contributed by atoms with Crippen molar-refractivity contribution in [2.75, 3.05) is 30.9 Å². The second kappa shape index (κ2) is 6.58. The minimum atomic E-state index is 0.261. The van der Waals surface area contributed by atoms with Crippen molar-refractivity contribution in [2.24, 2.45) is 0 Å². The van der Waals surface area contributed by atoms with Crippen LogP contribution in [0.25, 0.3) is 0 Å². The summed E-state index contributed by atoms with van der Waals surface area (Å²) < 4.78 is 6.27. The highest BCUT2D eigenvalue weighted by atomic mass is 32.2. The summed E-state index contributed by atoms with van der Waals surface area (Å²) in [6.45, 7) is 2.44. The summed E-state index contributed by atoms with van der Waals surface area (Å²) in [7, 11) is 0. The van der Waals surface area contributed by atoms with E-state index in [1.165, 1.54) is 5.56 Å². The minimum absolute atomic E-state index is 0.261. The van der Waals surface area contributed by atoms with Gasteiger partial charge >= 0.3 is 0 Å². The van der Waals surface area contributed by atoms with Crippen molar-refractivity contribution in [1.82, 2.24) is 9.88 Å². The van der Waals surface area contributed by atoms with Crippen LogP contribution >= 0.6 is 23.5 Å². The molecule has 0 bridgehead atoms. The van der Waals surface area contributed by atoms with Gasteiger partial charge in [0.05, 0.1) is 23.2 Å². The molecule has 1 spiro atoms. The van der Waals surface area contributed by atoms with E-state index < -0.39 is 0 Å². The first kappa shape index (κ1) is 15.2. The van der Waals surface area contributed by atoms with Gasteiger partial charge in [0.2, 0.25) is 5.91 Å². The Morgan fingerprint density at radius 2 is 2.29 bits per heavy atom. The first-order chi connectivity index (χ1) is 10.2. The monoisotopic (exact) mass is 324 g/mol. The number of likely N-dealkylation sites (tertiary alicyclic amines) is 1. The number of hydrogen-bond acceptors (Lipinski definition) is 5. The number of carbonyl (C=O) groups excluding carboxylic acids is 1. The Hall–Kier alpha value is -0.720. The quantitative estimate of drug-likeness (QED) is 0.829. The van der Waals surface area contributed by atoms with Crippen LogP contribution in [0.3, 0.4) is 0 Å². The smallest absolute Gasteiger partial charge is 0.232 e. The molecule has 2 aliphatic heterocycles. The molecule has 6 heteroatoms. The van der Waals surface area contributed by atoms with Gasteiger partial charge in [-0.15, -0.1) is 11.8 Å². The standard InChI is InChI=1S/C15H20N2O2S2/c1-20-9-14(18)17-10-15(11-17)6-13(8-21-15)19-7-12-2-4-16-5-3-12/h2-5,13H,6-11H2,1H3. The predicted octanol–water partition coefficient (Wildman–Crippen LogP) is 2.05. The number of nitrogens with zero attached hydrogens (tertiary/aromatic N) is 2. The molecule has 2 fully saturated rings. The third kappa shape index (κ3) is 3.55. The fourth-order valence-electron chi connectivity index (χ4n) is 2.86. The van der Waals surface area contributed by atoms with Gasteiger partial charge in [0.1, 0.15) is 0 Å². The fourth-order valence-corrected chi connectivity index (χ4v) is 4.84. The van der Waals surface area contributed by atoms with Crippen LogP contribution in [0.1, 0.15) is 12.0 Å². The number of amides is 1. The van der Waals surface area contributed by atoms with Crippen LogP contribution in [-0.4, -0.2) is 57.5 Å². The molecule has 1 aromatic rings. The van der Waals surface area contributed by atoms with Crippen LogP contribution in [0.2, 0.25) is 0 Å². The lowest BCUT2D eigenvalue weighted by atomic mass is 9.93. The molecule has 1 atom stereocenters. The summed E-state index contributed by atoms with van der Waals surface area (Å²) in [5, 5.41) is 0. The van der Waals surface area contributed by atoms with Gasteiger partial charge in [0.25, 0.3) is 0 Å². The number of aromatic nitrogens is 1.